The van der Waals surface area contributed by atoms with E-state index in [1.54, 1.807) is 0 Å². The van der Waals surface area contributed by atoms with Gasteiger partial charge in [-0.05, 0) is 19.3 Å². The first kappa shape index (κ1) is 13.6. The quantitative estimate of drug-likeness (QED) is 0.398. The highest BCUT2D eigenvalue weighted by Crippen LogP contribution is 2.14. The third-order valence-electron chi connectivity index (χ3n) is 2.09. The van der Waals surface area contributed by atoms with Crippen LogP contribution in [0.4, 0.5) is 0 Å². The first-order chi connectivity index (χ1) is 6.76. The number of hydrogen-bond acceptors (Lipinski definition) is 2. The van der Waals surface area contributed by atoms with E-state index < -0.39 is 0 Å². The molecule has 0 aliphatic heterocycles. The summed E-state index contributed by atoms with van der Waals surface area (Å²) in [6.45, 7) is 6.45. The minimum Gasteiger partial charge on any atom is -0.272 e. The van der Waals surface area contributed by atoms with Gasteiger partial charge in [-0.3, -0.25) is 5.43 Å². The lowest BCUT2D eigenvalue weighted by molar-refractivity contribution is 0.552. The van der Waals surface area contributed by atoms with Crippen LogP contribution >= 0.6 is 12.2 Å². The number of nitrogens with zero attached hydrogens (tertiary/aromatic N) is 1. The lowest BCUT2D eigenvalue weighted by Gasteiger charge is -2.15. The normalized spacial score (nSPS) is 11.1. The van der Waals surface area contributed by atoms with Gasteiger partial charge in [0.05, 0.1) is 4.99 Å². The Kier molecular flexibility index (Phi) is 8.84. The number of hydrogen-bond donors (Lipinski definition) is 1. The Hall–Kier alpha value is -0.440. The zero-order valence-corrected chi connectivity index (χ0v) is 10.4. The smallest absolute Gasteiger partial charge is 0.0992 e. The van der Waals surface area contributed by atoms with Crippen molar-refractivity contribution < 1.29 is 0 Å². The average molecular weight is 214 g/mol. The fraction of sp³-hybridized carbons (Fsp3) is 0.818. The van der Waals surface area contributed by atoms with Crippen LogP contribution in [0.15, 0.2) is 5.10 Å². The standard InChI is InChI=1S/C11H22N2S/c1-4-7-10(8-5-2)11(14)13-12-9-6-3/h9-10H,4-8H2,1-3H3,(H,13,14)/b12-9+. The van der Waals surface area contributed by atoms with E-state index in [1.807, 2.05) is 6.21 Å². The third-order valence-corrected chi connectivity index (χ3v) is 2.52. The molecule has 0 heterocycles. The Morgan fingerprint density at radius 1 is 1.29 bits per heavy atom. The zero-order valence-electron chi connectivity index (χ0n) is 9.55. The lowest BCUT2D eigenvalue weighted by Crippen LogP contribution is -2.24. The number of thiocarbonyl (C=S) groups is 1. The molecule has 0 unspecified atom stereocenters. The number of nitrogens with one attached hydrogen (secondary N) is 1. The van der Waals surface area contributed by atoms with Crippen molar-refractivity contribution in [1.29, 1.82) is 0 Å². The second-order valence-corrected chi connectivity index (χ2v) is 3.91. The van der Waals surface area contributed by atoms with Crippen molar-refractivity contribution in [3.63, 3.8) is 0 Å². The zero-order chi connectivity index (χ0) is 10.8. The fourth-order valence-electron chi connectivity index (χ4n) is 1.40. The van der Waals surface area contributed by atoms with Crippen LogP contribution in [-0.4, -0.2) is 11.2 Å². The van der Waals surface area contributed by atoms with E-state index in [0.29, 0.717) is 5.92 Å². The van der Waals surface area contributed by atoms with Crippen molar-refractivity contribution in [2.75, 3.05) is 0 Å². The van der Waals surface area contributed by atoms with Crippen molar-refractivity contribution in [3.05, 3.63) is 0 Å². The molecular formula is C11H22N2S. The summed E-state index contributed by atoms with van der Waals surface area (Å²) in [5.41, 5.74) is 2.95. The van der Waals surface area contributed by atoms with Crippen LogP contribution in [0.5, 0.6) is 0 Å². The molecule has 0 spiro atoms. The summed E-state index contributed by atoms with van der Waals surface area (Å²) in [5, 5.41) is 4.06. The second-order valence-electron chi connectivity index (χ2n) is 3.47. The highest BCUT2D eigenvalue weighted by atomic mass is 32.1. The van der Waals surface area contributed by atoms with Gasteiger partial charge in [-0.1, -0.05) is 45.8 Å². The molecule has 82 valence electrons. The van der Waals surface area contributed by atoms with Gasteiger partial charge in [0, 0.05) is 12.1 Å². The summed E-state index contributed by atoms with van der Waals surface area (Å²) >= 11 is 5.29. The Morgan fingerprint density at radius 2 is 1.86 bits per heavy atom. The molecule has 14 heavy (non-hydrogen) atoms. The fourth-order valence-corrected chi connectivity index (χ4v) is 1.68. The van der Waals surface area contributed by atoms with E-state index in [0.717, 1.165) is 11.4 Å². The molecule has 2 nitrogen and oxygen atoms in total. The summed E-state index contributed by atoms with van der Waals surface area (Å²) in [6, 6.07) is 0. The van der Waals surface area contributed by atoms with Gasteiger partial charge < -0.3 is 0 Å². The summed E-state index contributed by atoms with van der Waals surface area (Å²) in [4.78, 5) is 0.901. The Bertz CT molecular complexity index is 172. The van der Waals surface area contributed by atoms with E-state index in [2.05, 4.69) is 31.3 Å². The first-order valence-electron chi connectivity index (χ1n) is 5.57. The van der Waals surface area contributed by atoms with Gasteiger partial charge in [-0.2, -0.15) is 5.10 Å². The Balaban J connectivity index is 3.94. The molecule has 0 aliphatic rings. The van der Waals surface area contributed by atoms with Crippen LogP contribution in [0.3, 0.4) is 0 Å². The van der Waals surface area contributed by atoms with Gasteiger partial charge in [-0.15, -0.1) is 0 Å². The van der Waals surface area contributed by atoms with Crippen molar-refractivity contribution in [2.24, 2.45) is 11.0 Å². The topological polar surface area (TPSA) is 24.4 Å². The van der Waals surface area contributed by atoms with Crippen LogP contribution < -0.4 is 5.43 Å². The first-order valence-corrected chi connectivity index (χ1v) is 5.98. The van der Waals surface area contributed by atoms with Gasteiger partial charge in [0.2, 0.25) is 0 Å². The van der Waals surface area contributed by atoms with E-state index in [1.165, 1.54) is 25.7 Å². The summed E-state index contributed by atoms with van der Waals surface area (Å²) < 4.78 is 0. The maximum absolute atomic E-state index is 5.29. The Labute approximate surface area is 93.2 Å². The lowest BCUT2D eigenvalue weighted by atomic mass is 9.98. The van der Waals surface area contributed by atoms with Crippen molar-refractivity contribution in [1.82, 2.24) is 5.43 Å². The van der Waals surface area contributed by atoms with Crippen LogP contribution in [0.2, 0.25) is 0 Å². The van der Waals surface area contributed by atoms with Crippen LogP contribution in [0, 0.1) is 5.92 Å². The molecule has 0 bridgehead atoms. The average Bonchev–Trinajstić information content (AvgIpc) is 2.18. The predicted molar refractivity (Wildman–Crippen MR) is 67.8 cm³/mol. The highest BCUT2D eigenvalue weighted by molar-refractivity contribution is 7.80. The molecule has 1 N–H and O–H groups in total. The molecule has 0 aromatic carbocycles. The molecule has 0 saturated heterocycles. The van der Waals surface area contributed by atoms with Gasteiger partial charge in [-0.25, -0.2) is 0 Å². The maximum atomic E-state index is 5.29. The monoisotopic (exact) mass is 214 g/mol. The molecule has 0 aromatic rings. The molecule has 0 fully saturated rings. The van der Waals surface area contributed by atoms with E-state index in [9.17, 15) is 0 Å². The highest BCUT2D eigenvalue weighted by Gasteiger charge is 2.11. The van der Waals surface area contributed by atoms with Crippen LogP contribution in [-0.2, 0) is 0 Å². The SMILES string of the molecule is CC/C=N/NC(=S)C(CCC)CCC. The van der Waals surface area contributed by atoms with E-state index >= 15 is 0 Å². The molecular weight excluding hydrogens is 192 g/mol. The van der Waals surface area contributed by atoms with Gasteiger partial charge in [0.25, 0.3) is 0 Å². The second kappa shape index (κ2) is 9.13. The molecule has 0 aromatic heterocycles. The summed E-state index contributed by atoms with van der Waals surface area (Å²) in [6.07, 6.45) is 7.50. The van der Waals surface area contributed by atoms with E-state index in [-0.39, 0.29) is 0 Å². The molecule has 0 aliphatic carbocycles. The van der Waals surface area contributed by atoms with Crippen LogP contribution in [0.1, 0.15) is 52.9 Å². The largest absolute Gasteiger partial charge is 0.272 e. The predicted octanol–water partition coefficient (Wildman–Crippen LogP) is 3.52. The minimum atomic E-state index is 0.508. The molecule has 0 rings (SSSR count). The maximum Gasteiger partial charge on any atom is 0.0992 e. The molecule has 0 amide bonds. The van der Waals surface area contributed by atoms with Gasteiger partial charge in [0.15, 0.2) is 0 Å². The third kappa shape index (κ3) is 6.08. The molecule has 0 saturated carbocycles. The van der Waals surface area contributed by atoms with Crippen LogP contribution in [0.25, 0.3) is 0 Å². The summed E-state index contributed by atoms with van der Waals surface area (Å²) in [5.74, 6) is 0.508. The number of hydrazone groups is 1. The number of rotatable bonds is 7. The van der Waals surface area contributed by atoms with Crippen molar-refractivity contribution in [2.45, 2.75) is 52.9 Å². The Morgan fingerprint density at radius 3 is 2.29 bits per heavy atom. The van der Waals surface area contributed by atoms with E-state index in [4.69, 9.17) is 12.2 Å². The van der Waals surface area contributed by atoms with Gasteiger partial charge >= 0.3 is 0 Å². The van der Waals surface area contributed by atoms with Crippen molar-refractivity contribution >= 4 is 23.4 Å². The summed E-state index contributed by atoms with van der Waals surface area (Å²) in [7, 11) is 0. The molecule has 0 atom stereocenters. The minimum absolute atomic E-state index is 0.508. The molecule has 0 radical (unpaired) electrons. The molecule has 3 heteroatoms. The van der Waals surface area contributed by atoms with Gasteiger partial charge in [0.1, 0.15) is 0 Å². The van der Waals surface area contributed by atoms with Crippen molar-refractivity contribution in [3.8, 4) is 0 Å².